The van der Waals surface area contributed by atoms with Crippen LogP contribution in [0.25, 0.3) is 10.2 Å². The number of carbonyl (C=O) groups is 1. The maximum absolute atomic E-state index is 14.5. The van der Waals surface area contributed by atoms with Crippen LogP contribution in [0, 0.1) is 17.7 Å². The van der Waals surface area contributed by atoms with Gasteiger partial charge in [0.05, 0.1) is 37.5 Å². The van der Waals surface area contributed by atoms with Gasteiger partial charge in [0.25, 0.3) is 0 Å². The predicted octanol–water partition coefficient (Wildman–Crippen LogP) is 7.63. The second-order valence-corrected chi connectivity index (χ2v) is 17.7. The second kappa shape index (κ2) is 18.7. The molecule has 8 nitrogen and oxygen atoms in total. The van der Waals surface area contributed by atoms with Gasteiger partial charge in [-0.1, -0.05) is 23.2 Å². The molecule has 290 valence electrons. The molecule has 0 spiro atoms. The monoisotopic (exact) mass is 785 g/mol. The first-order valence-corrected chi connectivity index (χ1v) is 21.8. The molecule has 7 rings (SSSR count). The van der Waals surface area contributed by atoms with Gasteiger partial charge in [-0.2, -0.15) is 0 Å². The number of piperidine rings is 2. The molecular formula is C41H58Cl2FN7OS. The largest absolute Gasteiger partial charge is 0.369 e. The number of carbonyl (C=O) groups excluding carboxylic acids is 1. The Morgan fingerprint density at radius 2 is 1.36 bits per heavy atom. The molecule has 2 aromatic carbocycles. The van der Waals surface area contributed by atoms with Crippen molar-refractivity contribution in [1.82, 2.24) is 24.6 Å². The van der Waals surface area contributed by atoms with Crippen molar-refractivity contribution < 1.29 is 9.18 Å². The first-order chi connectivity index (χ1) is 25.8. The molecular weight excluding hydrogens is 728 g/mol. The van der Waals surface area contributed by atoms with Crippen LogP contribution >= 0.6 is 34.5 Å². The summed E-state index contributed by atoms with van der Waals surface area (Å²) in [7, 11) is 0. The van der Waals surface area contributed by atoms with Crippen molar-refractivity contribution in [3.05, 3.63) is 51.7 Å². The number of hydrogen-bond acceptors (Lipinski definition) is 9. The van der Waals surface area contributed by atoms with E-state index in [4.69, 9.17) is 23.2 Å². The Labute approximate surface area is 330 Å². The predicted molar refractivity (Wildman–Crippen MR) is 220 cm³/mol. The third-order valence-corrected chi connectivity index (χ3v) is 14.2. The minimum Gasteiger partial charge on any atom is -0.369 e. The van der Waals surface area contributed by atoms with Gasteiger partial charge >= 0.3 is 0 Å². The first-order valence-electron chi connectivity index (χ1n) is 20.2. The highest BCUT2D eigenvalue weighted by Crippen LogP contribution is 2.32. The molecule has 4 saturated heterocycles. The number of Topliss-reactive ketones (excluding diaryl/α,β-unsaturated/α-hetero) is 1. The number of aromatic nitrogens is 1. The first kappa shape index (κ1) is 39.2. The van der Waals surface area contributed by atoms with Gasteiger partial charge in [0.15, 0.2) is 0 Å². The minimum atomic E-state index is -0.300. The fourth-order valence-electron chi connectivity index (χ4n) is 9.17. The summed E-state index contributed by atoms with van der Waals surface area (Å²) < 4.78 is 15.8. The van der Waals surface area contributed by atoms with E-state index in [0.29, 0.717) is 16.5 Å². The standard InChI is InChI=1S/C41H58Cl2FN7OS/c1-31(52)39(50-17-10-33(11-18-50)9-16-47-19-23-49(24-20-47)34-4-5-41-38(27-34)45-30-53-41)3-2-12-46-13-6-32(7-14-46)8-15-48-21-25-51(26-22-48)40-29-36(43)35(42)28-37(40)44/h4-5,27-30,32-33,39H,2-3,6-26H2,1H3. The molecule has 12 heteroatoms. The van der Waals surface area contributed by atoms with E-state index < -0.39 is 0 Å². The Balaban J connectivity index is 0.739. The van der Waals surface area contributed by atoms with E-state index in [9.17, 15) is 9.18 Å². The van der Waals surface area contributed by atoms with E-state index in [1.54, 1.807) is 17.4 Å². The number of benzene rings is 2. The zero-order chi connectivity index (χ0) is 36.7. The lowest BCUT2D eigenvalue weighted by molar-refractivity contribution is -0.123. The normalized spacial score (nSPS) is 21.5. The number of nitrogens with zero attached hydrogens (tertiary/aromatic N) is 7. The highest BCUT2D eigenvalue weighted by molar-refractivity contribution is 7.16. The van der Waals surface area contributed by atoms with Crippen LogP contribution in [0.5, 0.6) is 0 Å². The van der Waals surface area contributed by atoms with Crippen molar-refractivity contribution in [2.75, 3.05) is 108 Å². The average molecular weight is 787 g/mol. The molecule has 0 bridgehead atoms. The van der Waals surface area contributed by atoms with Crippen molar-refractivity contribution in [1.29, 1.82) is 0 Å². The number of rotatable bonds is 14. The molecule has 5 heterocycles. The van der Waals surface area contributed by atoms with E-state index in [2.05, 4.69) is 52.6 Å². The molecule has 0 saturated carbocycles. The van der Waals surface area contributed by atoms with Gasteiger partial charge in [-0.15, -0.1) is 11.3 Å². The molecule has 3 aromatic rings. The second-order valence-electron chi connectivity index (χ2n) is 16.0. The van der Waals surface area contributed by atoms with Gasteiger partial charge in [-0.3, -0.25) is 19.5 Å². The van der Waals surface area contributed by atoms with Crippen LogP contribution in [0.4, 0.5) is 15.8 Å². The summed E-state index contributed by atoms with van der Waals surface area (Å²) in [5, 5.41) is 0.665. The molecule has 0 aliphatic carbocycles. The quantitative estimate of drug-likeness (QED) is 0.155. The molecule has 0 N–H and O–H groups in total. The van der Waals surface area contributed by atoms with Crippen LogP contribution in [0.2, 0.25) is 10.0 Å². The van der Waals surface area contributed by atoms with Gasteiger partial charge in [0.1, 0.15) is 11.6 Å². The Hall–Kier alpha value is -2.05. The van der Waals surface area contributed by atoms with Gasteiger partial charge < -0.3 is 14.7 Å². The molecule has 1 atom stereocenters. The van der Waals surface area contributed by atoms with Crippen LogP contribution in [0.15, 0.2) is 35.8 Å². The third-order valence-electron chi connectivity index (χ3n) is 12.7. The number of piperazine rings is 2. The van der Waals surface area contributed by atoms with Gasteiger partial charge in [-0.25, -0.2) is 9.37 Å². The van der Waals surface area contributed by atoms with E-state index in [-0.39, 0.29) is 16.9 Å². The van der Waals surface area contributed by atoms with Crippen molar-refractivity contribution in [3.8, 4) is 0 Å². The SMILES string of the molecule is CC(=O)C(CCCN1CCC(CCN2CCN(c3cc(Cl)c(Cl)cc3F)CC2)CC1)N1CCC(CCN2CCN(c3ccc4scnc4c3)CC2)CC1. The fraction of sp³-hybridized carbons (Fsp3) is 0.659. The van der Waals surface area contributed by atoms with E-state index in [1.165, 1.54) is 74.6 Å². The Morgan fingerprint density at radius 1 is 0.774 bits per heavy atom. The molecule has 0 radical (unpaired) electrons. The highest BCUT2D eigenvalue weighted by atomic mass is 35.5. The number of ketones is 1. The topological polar surface area (TPSA) is 49.4 Å². The van der Waals surface area contributed by atoms with Gasteiger partial charge in [-0.05, 0) is 146 Å². The zero-order valence-corrected chi connectivity index (χ0v) is 33.9. The number of hydrogen-bond donors (Lipinski definition) is 0. The lowest BCUT2D eigenvalue weighted by Gasteiger charge is -2.39. The number of halogens is 3. The lowest BCUT2D eigenvalue weighted by atomic mass is 9.91. The number of likely N-dealkylation sites (tertiary alicyclic amines) is 2. The third kappa shape index (κ3) is 10.4. The Kier molecular flexibility index (Phi) is 13.8. The summed E-state index contributed by atoms with van der Waals surface area (Å²) in [6, 6.07) is 9.76. The number of anilines is 2. The van der Waals surface area contributed by atoms with Crippen molar-refractivity contribution in [2.24, 2.45) is 11.8 Å². The molecule has 4 aliphatic rings. The molecule has 53 heavy (non-hydrogen) atoms. The van der Waals surface area contributed by atoms with Crippen LogP contribution in [-0.2, 0) is 4.79 Å². The lowest BCUT2D eigenvalue weighted by Crippen LogP contribution is -2.48. The van der Waals surface area contributed by atoms with Crippen molar-refractivity contribution >= 4 is 61.9 Å². The highest BCUT2D eigenvalue weighted by Gasteiger charge is 2.29. The summed E-state index contributed by atoms with van der Waals surface area (Å²) >= 11 is 13.9. The van der Waals surface area contributed by atoms with E-state index in [0.717, 1.165) is 109 Å². The van der Waals surface area contributed by atoms with Crippen LogP contribution in [-0.4, -0.2) is 135 Å². The minimum absolute atomic E-state index is 0.0821. The van der Waals surface area contributed by atoms with E-state index in [1.807, 2.05) is 12.4 Å². The van der Waals surface area contributed by atoms with Crippen molar-refractivity contribution in [3.63, 3.8) is 0 Å². The number of thiazole rings is 1. The summed E-state index contributed by atoms with van der Waals surface area (Å²) in [6.07, 6.45) is 9.55. The van der Waals surface area contributed by atoms with Crippen LogP contribution < -0.4 is 9.80 Å². The fourth-order valence-corrected chi connectivity index (χ4v) is 10.1. The molecule has 4 fully saturated rings. The summed E-state index contributed by atoms with van der Waals surface area (Å²) in [5.74, 6) is 1.59. The van der Waals surface area contributed by atoms with Gasteiger partial charge in [0.2, 0.25) is 0 Å². The molecule has 1 aromatic heterocycles. The zero-order valence-electron chi connectivity index (χ0n) is 31.5. The van der Waals surface area contributed by atoms with E-state index >= 15 is 0 Å². The maximum Gasteiger partial charge on any atom is 0.148 e. The molecule has 1 unspecified atom stereocenters. The van der Waals surface area contributed by atoms with Crippen molar-refractivity contribution in [2.45, 2.75) is 64.3 Å². The summed E-state index contributed by atoms with van der Waals surface area (Å²) in [6.45, 7) is 17.6. The smallest absolute Gasteiger partial charge is 0.148 e. The molecule has 0 amide bonds. The van der Waals surface area contributed by atoms with Gasteiger partial charge in [0, 0.05) is 58.0 Å². The van der Waals surface area contributed by atoms with Crippen LogP contribution in [0.3, 0.4) is 0 Å². The maximum atomic E-state index is 14.5. The molecule has 4 aliphatic heterocycles. The number of fused-ring (bicyclic) bond motifs is 1. The Bertz CT molecular complexity index is 1630. The summed E-state index contributed by atoms with van der Waals surface area (Å²) in [5.41, 5.74) is 4.91. The van der Waals surface area contributed by atoms with Crippen LogP contribution in [0.1, 0.15) is 58.3 Å². The Morgan fingerprint density at radius 3 is 2.00 bits per heavy atom. The summed E-state index contributed by atoms with van der Waals surface area (Å²) in [4.78, 5) is 32.2. The average Bonchev–Trinajstić information content (AvgIpc) is 3.66.